The highest BCUT2D eigenvalue weighted by Gasteiger charge is 2.12. The van der Waals surface area contributed by atoms with Gasteiger partial charge in [-0.3, -0.25) is 9.48 Å². The van der Waals surface area contributed by atoms with Gasteiger partial charge in [0.15, 0.2) is 5.82 Å². The molecule has 0 aliphatic carbocycles. The Morgan fingerprint density at radius 2 is 1.80 bits per heavy atom. The number of hydrogen-bond acceptors (Lipinski definition) is 2. The first kappa shape index (κ1) is 17.5. The number of carbonyl (C=O) groups excluding carboxylic acids is 1. The van der Waals surface area contributed by atoms with Gasteiger partial charge in [-0.15, -0.1) is 0 Å². The van der Waals surface area contributed by atoms with Crippen LogP contribution in [0.5, 0.6) is 0 Å². The molecule has 0 saturated heterocycles. The third-order valence-electron chi connectivity index (χ3n) is 3.70. The Morgan fingerprint density at radius 1 is 1.16 bits per heavy atom. The Balaban J connectivity index is 1.78. The molecule has 0 saturated carbocycles. The van der Waals surface area contributed by atoms with E-state index in [0.29, 0.717) is 28.0 Å². The lowest BCUT2D eigenvalue weighted by molar-refractivity contribution is 0.102. The minimum Gasteiger partial charge on any atom is -0.305 e. The number of amides is 1. The maximum Gasteiger partial charge on any atom is 0.256 e. The van der Waals surface area contributed by atoms with Crippen LogP contribution in [-0.4, -0.2) is 15.7 Å². The minimum atomic E-state index is -0.395. The fourth-order valence-electron chi connectivity index (χ4n) is 2.35. The van der Waals surface area contributed by atoms with Crippen LogP contribution in [0, 0.1) is 12.7 Å². The van der Waals surface area contributed by atoms with E-state index in [-0.39, 0.29) is 5.91 Å². The second-order valence-corrected chi connectivity index (χ2v) is 6.30. The van der Waals surface area contributed by atoms with E-state index in [9.17, 15) is 9.18 Å². The maximum atomic E-state index is 12.9. The summed E-state index contributed by atoms with van der Waals surface area (Å²) in [6, 6.07) is 12.3. The molecule has 0 aliphatic heterocycles. The molecule has 3 aromatic rings. The summed E-state index contributed by atoms with van der Waals surface area (Å²) in [7, 11) is 0. The first-order chi connectivity index (χ1) is 11.9. The molecule has 3 rings (SSSR count). The molecule has 4 nitrogen and oxygen atoms in total. The zero-order valence-corrected chi connectivity index (χ0v) is 14.8. The fourth-order valence-corrected chi connectivity index (χ4v) is 2.87. The molecular weight excluding hydrogens is 364 g/mol. The Morgan fingerprint density at radius 3 is 2.44 bits per heavy atom. The van der Waals surface area contributed by atoms with Crippen molar-refractivity contribution in [2.24, 2.45) is 0 Å². The van der Waals surface area contributed by atoms with Crippen LogP contribution in [0.25, 0.3) is 0 Å². The van der Waals surface area contributed by atoms with Gasteiger partial charge >= 0.3 is 0 Å². The number of aromatic nitrogens is 2. The van der Waals surface area contributed by atoms with Gasteiger partial charge in [0.1, 0.15) is 5.82 Å². The van der Waals surface area contributed by atoms with Gasteiger partial charge < -0.3 is 5.32 Å². The zero-order valence-electron chi connectivity index (χ0n) is 13.3. The van der Waals surface area contributed by atoms with E-state index in [1.54, 1.807) is 28.9 Å². The van der Waals surface area contributed by atoms with Crippen molar-refractivity contribution in [1.29, 1.82) is 0 Å². The molecule has 1 aromatic heterocycles. The zero-order chi connectivity index (χ0) is 18.0. The van der Waals surface area contributed by atoms with E-state index >= 15 is 0 Å². The molecule has 25 heavy (non-hydrogen) atoms. The predicted molar refractivity (Wildman–Crippen MR) is 96.9 cm³/mol. The van der Waals surface area contributed by atoms with Crippen molar-refractivity contribution >= 4 is 34.9 Å². The third kappa shape index (κ3) is 4.00. The van der Waals surface area contributed by atoms with E-state index in [1.165, 1.54) is 24.3 Å². The standard InChI is InChI=1S/C18H14Cl2FN3O/c1-11-9-17(22-18(25)12-5-7-13(21)8-6-12)23-24(11)10-14-15(19)3-2-4-16(14)20/h2-9H,10H2,1H3,(H,22,23,25). The van der Waals surface area contributed by atoms with E-state index in [0.717, 1.165) is 11.3 Å². The van der Waals surface area contributed by atoms with Gasteiger partial charge in [0.25, 0.3) is 5.91 Å². The first-order valence-corrected chi connectivity index (χ1v) is 8.24. The summed E-state index contributed by atoms with van der Waals surface area (Å²) in [6.07, 6.45) is 0. The molecule has 1 N–H and O–H groups in total. The summed E-state index contributed by atoms with van der Waals surface area (Å²) >= 11 is 12.4. The topological polar surface area (TPSA) is 46.9 Å². The van der Waals surface area contributed by atoms with Crippen molar-refractivity contribution < 1.29 is 9.18 Å². The molecule has 128 valence electrons. The van der Waals surface area contributed by atoms with Crippen molar-refractivity contribution in [2.45, 2.75) is 13.5 Å². The first-order valence-electron chi connectivity index (χ1n) is 7.48. The molecule has 7 heteroatoms. The van der Waals surface area contributed by atoms with E-state index in [4.69, 9.17) is 23.2 Å². The smallest absolute Gasteiger partial charge is 0.256 e. The molecule has 0 aliphatic rings. The van der Waals surface area contributed by atoms with Gasteiger partial charge in [0.2, 0.25) is 0 Å². The van der Waals surface area contributed by atoms with Gasteiger partial charge in [-0.1, -0.05) is 29.3 Å². The molecule has 1 amide bonds. The predicted octanol–water partition coefficient (Wildman–Crippen LogP) is 4.94. The van der Waals surface area contributed by atoms with Crippen LogP contribution >= 0.6 is 23.2 Å². The molecule has 0 bridgehead atoms. The highest BCUT2D eigenvalue weighted by molar-refractivity contribution is 6.35. The number of nitrogens with one attached hydrogen (secondary N) is 1. The summed E-state index contributed by atoms with van der Waals surface area (Å²) in [5, 5.41) is 8.17. The van der Waals surface area contributed by atoms with E-state index in [1.807, 2.05) is 6.92 Å². The van der Waals surface area contributed by atoms with Crippen molar-refractivity contribution in [3.8, 4) is 0 Å². The van der Waals surface area contributed by atoms with Gasteiger partial charge in [-0.05, 0) is 43.3 Å². The summed E-state index contributed by atoms with van der Waals surface area (Å²) in [6.45, 7) is 2.25. The van der Waals surface area contributed by atoms with Crippen LogP contribution in [-0.2, 0) is 6.54 Å². The number of aryl methyl sites for hydroxylation is 1. The van der Waals surface area contributed by atoms with Gasteiger partial charge in [0, 0.05) is 32.9 Å². The summed E-state index contributed by atoms with van der Waals surface area (Å²) in [4.78, 5) is 12.2. The van der Waals surface area contributed by atoms with Crippen molar-refractivity contribution in [3.63, 3.8) is 0 Å². The number of carbonyl (C=O) groups is 1. The molecule has 0 radical (unpaired) electrons. The number of anilines is 1. The number of rotatable bonds is 4. The molecule has 0 unspecified atom stereocenters. The van der Waals surface area contributed by atoms with Crippen molar-refractivity contribution in [3.05, 3.63) is 81.2 Å². The summed E-state index contributed by atoms with van der Waals surface area (Å²) in [5.74, 6) is -0.358. The monoisotopic (exact) mass is 377 g/mol. The molecule has 0 spiro atoms. The fraction of sp³-hybridized carbons (Fsp3) is 0.111. The number of hydrogen-bond donors (Lipinski definition) is 1. The Kier molecular flexibility index (Phi) is 5.06. The average molecular weight is 378 g/mol. The van der Waals surface area contributed by atoms with Crippen LogP contribution in [0.15, 0.2) is 48.5 Å². The highest BCUT2D eigenvalue weighted by Crippen LogP contribution is 2.25. The van der Waals surface area contributed by atoms with Gasteiger partial charge in [0.05, 0.1) is 6.54 Å². The molecule has 0 fully saturated rings. The molecule has 1 heterocycles. The average Bonchev–Trinajstić information content (AvgIpc) is 2.91. The Labute approximate surface area is 154 Å². The summed E-state index contributed by atoms with van der Waals surface area (Å²) in [5.41, 5.74) is 1.95. The SMILES string of the molecule is Cc1cc(NC(=O)c2ccc(F)cc2)nn1Cc1c(Cl)cccc1Cl. The summed E-state index contributed by atoms with van der Waals surface area (Å²) < 4.78 is 14.6. The highest BCUT2D eigenvalue weighted by atomic mass is 35.5. The lowest BCUT2D eigenvalue weighted by Crippen LogP contribution is -2.13. The van der Waals surface area contributed by atoms with Gasteiger partial charge in [-0.25, -0.2) is 4.39 Å². The molecule has 2 aromatic carbocycles. The van der Waals surface area contributed by atoms with Crippen LogP contribution in [0.2, 0.25) is 10.0 Å². The van der Waals surface area contributed by atoms with Crippen molar-refractivity contribution in [2.75, 3.05) is 5.32 Å². The number of halogens is 3. The number of nitrogens with zero attached hydrogens (tertiary/aromatic N) is 2. The van der Waals surface area contributed by atoms with Crippen LogP contribution in [0.3, 0.4) is 0 Å². The van der Waals surface area contributed by atoms with Crippen LogP contribution < -0.4 is 5.32 Å². The third-order valence-corrected chi connectivity index (χ3v) is 4.41. The van der Waals surface area contributed by atoms with Crippen LogP contribution in [0.4, 0.5) is 10.2 Å². The maximum absolute atomic E-state index is 12.9. The second-order valence-electron chi connectivity index (χ2n) is 5.49. The quantitative estimate of drug-likeness (QED) is 0.699. The Bertz CT molecular complexity index is 902. The second kappa shape index (κ2) is 7.25. The lowest BCUT2D eigenvalue weighted by atomic mass is 10.2. The Hall–Kier alpha value is -2.37. The van der Waals surface area contributed by atoms with Crippen LogP contribution in [0.1, 0.15) is 21.6 Å². The van der Waals surface area contributed by atoms with E-state index < -0.39 is 5.82 Å². The van der Waals surface area contributed by atoms with E-state index in [2.05, 4.69) is 10.4 Å². The van der Waals surface area contributed by atoms with Crippen molar-refractivity contribution in [1.82, 2.24) is 9.78 Å². The normalized spacial score (nSPS) is 10.7. The van der Waals surface area contributed by atoms with Gasteiger partial charge in [-0.2, -0.15) is 5.10 Å². The number of benzene rings is 2. The molecular formula is C18H14Cl2FN3O. The lowest BCUT2D eigenvalue weighted by Gasteiger charge is -2.08. The largest absolute Gasteiger partial charge is 0.305 e. The minimum absolute atomic E-state index is 0.350. The molecule has 0 atom stereocenters.